The van der Waals surface area contributed by atoms with Crippen molar-refractivity contribution in [1.82, 2.24) is 24.4 Å². The van der Waals surface area contributed by atoms with Crippen LogP contribution in [0.2, 0.25) is 0 Å². The van der Waals surface area contributed by atoms with Crippen molar-refractivity contribution in [2.45, 2.75) is 39.2 Å². The number of rotatable bonds is 3. The van der Waals surface area contributed by atoms with Crippen molar-refractivity contribution in [2.75, 3.05) is 18.8 Å². The van der Waals surface area contributed by atoms with Crippen LogP contribution in [0.15, 0.2) is 47.3 Å². The Morgan fingerprint density at radius 1 is 1.09 bits per heavy atom. The van der Waals surface area contributed by atoms with Gasteiger partial charge in [0, 0.05) is 36.2 Å². The molecule has 2 N–H and O–H groups in total. The second-order valence-corrected chi connectivity index (χ2v) is 8.71. The van der Waals surface area contributed by atoms with E-state index >= 15 is 0 Å². The zero-order valence-electron chi connectivity index (χ0n) is 18.8. The highest BCUT2D eigenvalue weighted by atomic mass is 16.2. The molecule has 1 aromatic carbocycles. The Morgan fingerprint density at radius 2 is 1.91 bits per heavy atom. The number of aromatic nitrogens is 4. The topological polar surface area (TPSA) is 107 Å². The number of carbonyl (C=O) groups is 1. The number of para-hydroxylation sites is 1. The fraction of sp³-hybridized carbons (Fsp3) is 0.320. The number of fused-ring (bicyclic) bond motifs is 2. The van der Waals surface area contributed by atoms with E-state index in [9.17, 15) is 9.59 Å². The van der Waals surface area contributed by atoms with E-state index in [-0.39, 0.29) is 23.9 Å². The zero-order chi connectivity index (χ0) is 23.1. The Bertz CT molecular complexity index is 1440. The average molecular weight is 443 g/mol. The molecule has 0 bridgehead atoms. The van der Waals surface area contributed by atoms with Gasteiger partial charge in [-0.15, -0.1) is 0 Å². The van der Waals surface area contributed by atoms with Crippen molar-refractivity contribution in [1.29, 1.82) is 0 Å². The van der Waals surface area contributed by atoms with Crippen LogP contribution in [0.1, 0.15) is 35.8 Å². The molecule has 0 spiro atoms. The van der Waals surface area contributed by atoms with Gasteiger partial charge >= 0.3 is 0 Å². The summed E-state index contributed by atoms with van der Waals surface area (Å²) in [6.07, 6.45) is 1.82. The van der Waals surface area contributed by atoms with Gasteiger partial charge in [-0.3, -0.25) is 14.2 Å². The summed E-state index contributed by atoms with van der Waals surface area (Å²) >= 11 is 0. The molecule has 1 amide bonds. The van der Waals surface area contributed by atoms with Crippen LogP contribution in [0, 0.1) is 13.8 Å². The van der Waals surface area contributed by atoms with Gasteiger partial charge in [0.05, 0.1) is 10.9 Å². The van der Waals surface area contributed by atoms with E-state index < -0.39 is 0 Å². The molecule has 0 aliphatic carbocycles. The number of aryl methyl sites for hydroxylation is 2. The molecule has 1 aliphatic rings. The SMILES string of the molecule is Cc1nc(N)c2ccc(C3CCCN(C(=O)Cn4c(=O)cc(C)c5ccccc54)C3)nc2n1. The first-order valence-electron chi connectivity index (χ1n) is 11.2. The fourth-order valence-electron chi connectivity index (χ4n) is 4.73. The van der Waals surface area contributed by atoms with Gasteiger partial charge in [-0.1, -0.05) is 18.2 Å². The van der Waals surface area contributed by atoms with Crippen LogP contribution in [0.5, 0.6) is 0 Å². The minimum Gasteiger partial charge on any atom is -0.383 e. The third-order valence-corrected chi connectivity index (χ3v) is 6.43. The molecular weight excluding hydrogens is 416 g/mol. The van der Waals surface area contributed by atoms with Crippen LogP contribution in [0.4, 0.5) is 5.82 Å². The van der Waals surface area contributed by atoms with Crippen LogP contribution in [-0.2, 0) is 11.3 Å². The number of nitrogens with zero attached hydrogens (tertiary/aromatic N) is 5. The Morgan fingerprint density at radius 3 is 2.76 bits per heavy atom. The molecule has 33 heavy (non-hydrogen) atoms. The summed E-state index contributed by atoms with van der Waals surface area (Å²) in [6.45, 7) is 4.98. The van der Waals surface area contributed by atoms with Gasteiger partial charge in [-0.25, -0.2) is 15.0 Å². The predicted molar refractivity (Wildman–Crippen MR) is 128 cm³/mol. The maximum Gasteiger partial charge on any atom is 0.251 e. The van der Waals surface area contributed by atoms with Crippen LogP contribution in [0.3, 0.4) is 0 Å². The van der Waals surface area contributed by atoms with Gasteiger partial charge in [0.1, 0.15) is 18.2 Å². The number of hydrogen-bond acceptors (Lipinski definition) is 6. The lowest BCUT2D eigenvalue weighted by atomic mass is 9.94. The van der Waals surface area contributed by atoms with Crippen molar-refractivity contribution in [3.63, 3.8) is 0 Å². The molecule has 8 heteroatoms. The predicted octanol–water partition coefficient (Wildman–Crippen LogP) is 2.94. The summed E-state index contributed by atoms with van der Waals surface area (Å²) in [7, 11) is 0. The van der Waals surface area contributed by atoms with E-state index in [1.807, 2.05) is 48.2 Å². The van der Waals surface area contributed by atoms with Crippen LogP contribution >= 0.6 is 0 Å². The second-order valence-electron chi connectivity index (χ2n) is 8.71. The normalized spacial score (nSPS) is 16.4. The van der Waals surface area contributed by atoms with Gasteiger partial charge in [-0.2, -0.15) is 0 Å². The standard InChI is InChI=1S/C25H26N6O2/c1-15-12-22(32)31(21-8-4-3-7-18(15)21)14-23(33)30-11-5-6-17(13-30)20-10-9-19-24(26)27-16(2)28-25(19)29-20/h3-4,7-10,12,17H,5-6,11,13-14H2,1-2H3,(H2,26,27,28,29). The van der Waals surface area contributed by atoms with E-state index in [0.29, 0.717) is 30.4 Å². The molecule has 1 atom stereocenters. The van der Waals surface area contributed by atoms with E-state index in [4.69, 9.17) is 10.7 Å². The summed E-state index contributed by atoms with van der Waals surface area (Å²) in [6, 6.07) is 13.2. The molecule has 4 heterocycles. The third-order valence-electron chi connectivity index (χ3n) is 6.43. The first-order valence-corrected chi connectivity index (χ1v) is 11.2. The summed E-state index contributed by atoms with van der Waals surface area (Å²) in [5, 5.41) is 1.72. The second kappa shape index (κ2) is 8.27. The molecule has 5 rings (SSSR count). The average Bonchev–Trinajstić information content (AvgIpc) is 2.81. The van der Waals surface area contributed by atoms with E-state index in [1.54, 1.807) is 17.6 Å². The quantitative estimate of drug-likeness (QED) is 0.523. The number of likely N-dealkylation sites (tertiary alicyclic amines) is 1. The summed E-state index contributed by atoms with van der Waals surface area (Å²) in [5.74, 6) is 1.06. The maximum absolute atomic E-state index is 13.2. The fourth-order valence-corrected chi connectivity index (χ4v) is 4.73. The number of nitrogen functional groups attached to an aromatic ring is 1. The van der Waals surface area contributed by atoms with Crippen molar-refractivity contribution in [3.05, 3.63) is 69.9 Å². The molecular formula is C25H26N6O2. The molecule has 0 saturated carbocycles. The van der Waals surface area contributed by atoms with Crippen LogP contribution < -0.4 is 11.3 Å². The van der Waals surface area contributed by atoms with Gasteiger partial charge in [0.25, 0.3) is 5.56 Å². The van der Waals surface area contributed by atoms with Crippen LogP contribution in [-0.4, -0.2) is 43.4 Å². The minimum absolute atomic E-state index is 0.0282. The molecule has 3 aromatic heterocycles. The molecule has 8 nitrogen and oxygen atoms in total. The van der Waals surface area contributed by atoms with Crippen molar-refractivity contribution in [2.24, 2.45) is 0 Å². The smallest absolute Gasteiger partial charge is 0.251 e. The van der Waals surface area contributed by atoms with E-state index in [2.05, 4.69) is 9.97 Å². The van der Waals surface area contributed by atoms with E-state index in [1.165, 1.54) is 0 Å². The molecule has 1 aliphatic heterocycles. The number of benzene rings is 1. The van der Waals surface area contributed by atoms with Crippen molar-refractivity contribution in [3.8, 4) is 0 Å². The molecule has 0 radical (unpaired) electrons. The Kier molecular flexibility index (Phi) is 5.28. The van der Waals surface area contributed by atoms with Crippen LogP contribution in [0.25, 0.3) is 21.9 Å². The molecule has 1 unspecified atom stereocenters. The number of nitrogens with two attached hydrogens (primary N) is 1. The maximum atomic E-state index is 13.2. The number of hydrogen-bond donors (Lipinski definition) is 1. The highest BCUT2D eigenvalue weighted by molar-refractivity contribution is 5.86. The van der Waals surface area contributed by atoms with Gasteiger partial charge < -0.3 is 10.6 Å². The first-order chi connectivity index (χ1) is 15.9. The lowest BCUT2D eigenvalue weighted by molar-refractivity contribution is -0.133. The monoisotopic (exact) mass is 442 g/mol. The largest absolute Gasteiger partial charge is 0.383 e. The summed E-state index contributed by atoms with van der Waals surface area (Å²) in [5.41, 5.74) is 9.04. The van der Waals surface area contributed by atoms with Gasteiger partial charge in [0.2, 0.25) is 5.91 Å². The summed E-state index contributed by atoms with van der Waals surface area (Å²) < 4.78 is 1.57. The molecule has 168 valence electrons. The molecule has 4 aromatic rings. The Labute approximate surface area is 191 Å². The Balaban J connectivity index is 1.40. The van der Waals surface area contributed by atoms with Gasteiger partial charge in [0.15, 0.2) is 5.65 Å². The number of pyridine rings is 2. The van der Waals surface area contributed by atoms with Crippen molar-refractivity contribution >= 4 is 33.7 Å². The molecule has 1 fully saturated rings. The lowest BCUT2D eigenvalue weighted by Gasteiger charge is -2.33. The molecule has 1 saturated heterocycles. The number of amides is 1. The third kappa shape index (κ3) is 3.92. The highest BCUT2D eigenvalue weighted by Gasteiger charge is 2.26. The lowest BCUT2D eigenvalue weighted by Crippen LogP contribution is -2.42. The first kappa shape index (κ1) is 21.1. The Hall–Kier alpha value is -3.81. The summed E-state index contributed by atoms with van der Waals surface area (Å²) in [4.78, 5) is 41.1. The number of carbonyl (C=O) groups excluding carboxylic acids is 1. The van der Waals surface area contributed by atoms with Crippen molar-refractivity contribution < 1.29 is 4.79 Å². The van der Waals surface area contributed by atoms with E-state index in [0.717, 1.165) is 40.4 Å². The van der Waals surface area contributed by atoms with Gasteiger partial charge in [-0.05, 0) is 50.5 Å². The number of anilines is 1. The number of piperidine rings is 1. The zero-order valence-corrected chi connectivity index (χ0v) is 18.8. The highest BCUT2D eigenvalue weighted by Crippen LogP contribution is 2.28. The minimum atomic E-state index is -0.156.